The van der Waals surface area contributed by atoms with Crippen molar-refractivity contribution < 1.29 is 14.3 Å². The molecule has 3 nitrogen and oxygen atoms in total. The van der Waals surface area contributed by atoms with Gasteiger partial charge in [0, 0.05) is 12.0 Å². The summed E-state index contributed by atoms with van der Waals surface area (Å²) in [4.78, 5) is 23.1. The summed E-state index contributed by atoms with van der Waals surface area (Å²) < 4.78 is 5.69. The minimum absolute atomic E-state index is 0.0331. The molecular formula is C18H18O3. The van der Waals surface area contributed by atoms with E-state index in [0.29, 0.717) is 17.7 Å². The van der Waals surface area contributed by atoms with Gasteiger partial charge in [0.2, 0.25) is 0 Å². The molecule has 0 radical (unpaired) electrons. The zero-order valence-corrected chi connectivity index (χ0v) is 12.3. The minimum atomic E-state index is -0.149. The second-order valence-electron chi connectivity index (χ2n) is 4.93. The van der Waals surface area contributed by atoms with Crippen molar-refractivity contribution in [2.45, 2.75) is 26.7 Å². The fraction of sp³-hybridized carbons (Fsp3) is 0.222. The van der Waals surface area contributed by atoms with Gasteiger partial charge in [0.25, 0.3) is 0 Å². The van der Waals surface area contributed by atoms with E-state index >= 15 is 0 Å². The van der Waals surface area contributed by atoms with Crippen LogP contribution >= 0.6 is 0 Å². The molecule has 0 unspecified atom stereocenters. The van der Waals surface area contributed by atoms with Crippen molar-refractivity contribution in [2.24, 2.45) is 0 Å². The lowest BCUT2D eigenvalue weighted by Gasteiger charge is -2.06. The first-order valence-corrected chi connectivity index (χ1v) is 6.98. The van der Waals surface area contributed by atoms with Crippen molar-refractivity contribution >= 4 is 11.6 Å². The normalized spacial score (nSPS) is 10.2. The molecule has 0 aliphatic carbocycles. The monoisotopic (exact) mass is 282 g/mol. The molecule has 0 amide bonds. The molecule has 0 atom stereocenters. The largest absolute Gasteiger partial charge is 0.457 e. The summed E-state index contributed by atoms with van der Waals surface area (Å²) in [5.41, 5.74) is 1.71. The van der Waals surface area contributed by atoms with Gasteiger partial charge in [-0.2, -0.15) is 0 Å². The van der Waals surface area contributed by atoms with Crippen LogP contribution in [0.1, 0.15) is 35.7 Å². The Hall–Kier alpha value is -2.42. The summed E-state index contributed by atoms with van der Waals surface area (Å²) >= 11 is 0. The maximum absolute atomic E-state index is 11.9. The van der Waals surface area contributed by atoms with Crippen molar-refractivity contribution in [1.82, 2.24) is 0 Å². The van der Waals surface area contributed by atoms with Crippen LogP contribution in [-0.2, 0) is 4.79 Å². The lowest BCUT2D eigenvalue weighted by Crippen LogP contribution is -2.06. The van der Waals surface area contributed by atoms with Gasteiger partial charge in [-0.3, -0.25) is 9.59 Å². The van der Waals surface area contributed by atoms with E-state index in [0.717, 1.165) is 5.75 Å². The topological polar surface area (TPSA) is 43.4 Å². The Labute approximate surface area is 124 Å². The summed E-state index contributed by atoms with van der Waals surface area (Å²) in [7, 11) is 0. The number of carbonyl (C=O) groups is 2. The molecule has 0 saturated carbocycles. The van der Waals surface area contributed by atoms with Crippen LogP contribution in [0.3, 0.4) is 0 Å². The number of ketones is 2. The third kappa shape index (κ3) is 4.28. The molecule has 0 bridgehead atoms. The second kappa shape index (κ2) is 6.84. The van der Waals surface area contributed by atoms with E-state index in [9.17, 15) is 9.59 Å². The van der Waals surface area contributed by atoms with Crippen molar-refractivity contribution in [1.29, 1.82) is 0 Å². The number of hydrogen-bond donors (Lipinski definition) is 0. The quantitative estimate of drug-likeness (QED) is 0.584. The minimum Gasteiger partial charge on any atom is -0.457 e. The number of ether oxygens (including phenoxy) is 1. The smallest absolute Gasteiger partial charge is 0.170 e. The standard InChI is InChI=1S/C18H18O3/c1-3-15(19)12-18(20)14-6-10-17(11-7-14)21-16-8-4-13(2)5-9-16/h4-11H,3,12H2,1-2H3. The molecule has 0 saturated heterocycles. The van der Waals surface area contributed by atoms with Gasteiger partial charge in [-0.25, -0.2) is 0 Å². The molecule has 2 rings (SSSR count). The summed E-state index contributed by atoms with van der Waals surface area (Å²) in [5.74, 6) is 1.22. The summed E-state index contributed by atoms with van der Waals surface area (Å²) in [6.07, 6.45) is 0.356. The van der Waals surface area contributed by atoms with E-state index < -0.39 is 0 Å². The zero-order valence-electron chi connectivity index (χ0n) is 12.3. The van der Waals surface area contributed by atoms with Crippen molar-refractivity contribution in [2.75, 3.05) is 0 Å². The van der Waals surface area contributed by atoms with Crippen LogP contribution in [0.15, 0.2) is 48.5 Å². The van der Waals surface area contributed by atoms with Gasteiger partial charge < -0.3 is 4.74 Å². The summed E-state index contributed by atoms with van der Waals surface area (Å²) in [5, 5.41) is 0. The average Bonchev–Trinajstić information content (AvgIpc) is 2.50. The maximum Gasteiger partial charge on any atom is 0.170 e. The Kier molecular flexibility index (Phi) is 4.88. The molecule has 0 spiro atoms. The number of carbonyl (C=O) groups excluding carboxylic acids is 2. The first kappa shape index (κ1) is 15.0. The molecular weight excluding hydrogens is 264 g/mol. The molecule has 3 heteroatoms. The van der Waals surface area contributed by atoms with Crippen molar-refractivity contribution in [3.8, 4) is 11.5 Å². The maximum atomic E-state index is 11.9. The Morgan fingerprint density at radius 1 is 0.905 bits per heavy atom. The molecule has 0 N–H and O–H groups in total. The summed E-state index contributed by atoms with van der Waals surface area (Å²) in [6, 6.07) is 14.6. The Bertz CT molecular complexity index is 625. The Morgan fingerprint density at radius 2 is 1.43 bits per heavy atom. The van der Waals surface area contributed by atoms with Crippen LogP contribution in [0.5, 0.6) is 11.5 Å². The van der Waals surface area contributed by atoms with Crippen molar-refractivity contribution in [3.63, 3.8) is 0 Å². The van der Waals surface area contributed by atoms with E-state index in [1.807, 2.05) is 31.2 Å². The predicted molar refractivity (Wildman–Crippen MR) is 81.9 cm³/mol. The van der Waals surface area contributed by atoms with E-state index in [1.165, 1.54) is 5.56 Å². The second-order valence-corrected chi connectivity index (χ2v) is 4.93. The highest BCUT2D eigenvalue weighted by atomic mass is 16.5. The van der Waals surface area contributed by atoms with Crippen LogP contribution in [0.25, 0.3) is 0 Å². The number of rotatable bonds is 6. The van der Waals surface area contributed by atoms with E-state index in [2.05, 4.69) is 0 Å². The van der Waals surface area contributed by atoms with E-state index in [1.54, 1.807) is 31.2 Å². The van der Waals surface area contributed by atoms with Crippen LogP contribution in [-0.4, -0.2) is 11.6 Å². The SMILES string of the molecule is CCC(=O)CC(=O)c1ccc(Oc2ccc(C)cc2)cc1. The molecule has 0 aliphatic heterocycles. The number of Topliss-reactive ketones (excluding diaryl/α,β-unsaturated/α-hetero) is 2. The van der Waals surface area contributed by atoms with Gasteiger partial charge in [0.05, 0.1) is 6.42 Å². The lowest BCUT2D eigenvalue weighted by molar-refractivity contribution is -0.117. The highest BCUT2D eigenvalue weighted by Gasteiger charge is 2.10. The first-order valence-electron chi connectivity index (χ1n) is 6.98. The Balaban J connectivity index is 2.03. The van der Waals surface area contributed by atoms with Gasteiger partial charge in [0.15, 0.2) is 5.78 Å². The van der Waals surface area contributed by atoms with Gasteiger partial charge in [-0.1, -0.05) is 24.6 Å². The van der Waals surface area contributed by atoms with Crippen molar-refractivity contribution in [3.05, 3.63) is 59.7 Å². The van der Waals surface area contributed by atoms with E-state index in [-0.39, 0.29) is 18.0 Å². The van der Waals surface area contributed by atoms with Crippen LogP contribution in [0.2, 0.25) is 0 Å². The van der Waals surface area contributed by atoms with Gasteiger partial charge >= 0.3 is 0 Å². The zero-order chi connectivity index (χ0) is 15.2. The van der Waals surface area contributed by atoms with Crippen LogP contribution in [0.4, 0.5) is 0 Å². The lowest BCUT2D eigenvalue weighted by atomic mass is 10.1. The third-order valence-corrected chi connectivity index (χ3v) is 3.19. The molecule has 2 aromatic rings. The third-order valence-electron chi connectivity index (χ3n) is 3.19. The molecule has 108 valence electrons. The molecule has 2 aromatic carbocycles. The number of benzene rings is 2. The van der Waals surface area contributed by atoms with Crippen LogP contribution < -0.4 is 4.74 Å². The summed E-state index contributed by atoms with van der Waals surface area (Å²) in [6.45, 7) is 3.77. The highest BCUT2D eigenvalue weighted by Crippen LogP contribution is 2.22. The molecule has 0 aromatic heterocycles. The van der Waals surface area contributed by atoms with E-state index in [4.69, 9.17) is 4.74 Å². The molecule has 0 aliphatic rings. The Morgan fingerprint density at radius 3 is 1.95 bits per heavy atom. The highest BCUT2D eigenvalue weighted by molar-refractivity contribution is 6.07. The fourth-order valence-corrected chi connectivity index (χ4v) is 1.86. The van der Waals surface area contributed by atoms with Gasteiger partial charge in [0.1, 0.15) is 17.3 Å². The van der Waals surface area contributed by atoms with Gasteiger partial charge in [-0.05, 0) is 43.3 Å². The molecule has 0 fully saturated rings. The fourth-order valence-electron chi connectivity index (χ4n) is 1.86. The predicted octanol–water partition coefficient (Wildman–Crippen LogP) is 4.34. The van der Waals surface area contributed by atoms with Crippen LogP contribution in [0, 0.1) is 6.92 Å². The molecule has 0 heterocycles. The number of aryl methyl sites for hydroxylation is 1. The molecule has 21 heavy (non-hydrogen) atoms. The first-order chi connectivity index (χ1) is 10.1. The number of hydrogen-bond acceptors (Lipinski definition) is 3. The average molecular weight is 282 g/mol. The van der Waals surface area contributed by atoms with Gasteiger partial charge in [-0.15, -0.1) is 0 Å².